The first-order valence-electron chi connectivity index (χ1n) is 25.3. The molecule has 0 saturated heterocycles. The summed E-state index contributed by atoms with van der Waals surface area (Å²) in [4.78, 5) is 0. The Hall–Kier alpha value is -5.08. The lowest BCUT2D eigenvalue weighted by atomic mass is 9.84. The van der Waals surface area contributed by atoms with Crippen LogP contribution in [0.1, 0.15) is 188 Å². The molecule has 0 unspecified atom stereocenters. The van der Waals surface area contributed by atoms with Crippen molar-refractivity contribution in [3.8, 4) is 0 Å². The van der Waals surface area contributed by atoms with Gasteiger partial charge < -0.3 is 0 Å². The molecule has 0 aromatic heterocycles. The highest BCUT2D eigenvalue weighted by Crippen LogP contribution is 2.39. The van der Waals surface area contributed by atoms with Crippen LogP contribution in [0.5, 0.6) is 0 Å². The van der Waals surface area contributed by atoms with Crippen molar-refractivity contribution in [3.63, 3.8) is 0 Å². The molecule has 0 spiro atoms. The number of rotatable bonds is 0. The van der Waals surface area contributed by atoms with E-state index < -0.39 is 80.1 Å². The van der Waals surface area contributed by atoms with E-state index in [2.05, 4.69) is 52.0 Å². The zero-order chi connectivity index (χ0) is 62.7. The first kappa shape index (κ1) is 75.9. The van der Waals surface area contributed by atoms with Gasteiger partial charge in [-0.1, -0.05) is 198 Å². The quantitative estimate of drug-likeness (QED) is 0.133. The van der Waals surface area contributed by atoms with Crippen LogP contribution in [0.2, 0.25) is 10.0 Å². The molecular formula is C65H80Cl2F14. The van der Waals surface area contributed by atoms with Gasteiger partial charge in [-0.05, 0) is 146 Å². The molecule has 0 radical (unpaired) electrons. The topological polar surface area (TPSA) is 0 Å². The van der Waals surface area contributed by atoms with Crippen molar-refractivity contribution in [3.05, 3.63) is 210 Å². The molecule has 0 aliphatic heterocycles. The Morgan fingerprint density at radius 1 is 0.309 bits per heavy atom. The predicted octanol–water partition coefficient (Wildman–Crippen LogP) is 23.9. The van der Waals surface area contributed by atoms with Gasteiger partial charge >= 0.3 is 18.5 Å². The van der Waals surface area contributed by atoms with E-state index in [1.54, 1.807) is 74.4 Å². The molecule has 452 valence electrons. The standard InChI is InChI=1S/C11H12ClF3.2C11H12F4.C11H16.C10H12ClF.C10H12F2.CH4/c2*1-10(2,3)8-6-7(11(13,14)15)4-5-9(8)12;1-10(2,3)7-5-4-6-8(9(7)12)11(13,14)15;1-9-7-5-6-8-10(9)11(2,3)4;1-10(2,3)8-6-7(11)4-5-9(8)12;1-10(2,3)9-7(11)5-4-6-8(9)12;/h3*4-6H,1-3H3;5-8H,1-4H3;2*4-6H,1-3H3;1H4. The zero-order valence-corrected chi connectivity index (χ0v) is 50.5. The van der Waals surface area contributed by atoms with E-state index in [9.17, 15) is 61.5 Å². The second kappa shape index (κ2) is 28.9. The Morgan fingerprint density at radius 3 is 1.00 bits per heavy atom. The monoisotopic (exact) mass is 1200 g/mol. The minimum absolute atomic E-state index is 0. The van der Waals surface area contributed by atoms with Crippen LogP contribution in [-0.2, 0) is 51.0 Å². The van der Waals surface area contributed by atoms with Gasteiger partial charge in [-0.15, -0.1) is 0 Å². The molecule has 0 aliphatic carbocycles. The maximum absolute atomic E-state index is 13.5. The van der Waals surface area contributed by atoms with Gasteiger partial charge in [-0.3, -0.25) is 0 Å². The fraction of sp³-hybridized carbons (Fsp3) is 0.446. The predicted molar refractivity (Wildman–Crippen MR) is 307 cm³/mol. The second-order valence-electron chi connectivity index (χ2n) is 25.1. The lowest BCUT2D eigenvalue weighted by molar-refractivity contribution is -0.140. The molecule has 0 heterocycles. The average Bonchev–Trinajstić information content (AvgIpc) is 3.25. The van der Waals surface area contributed by atoms with Crippen molar-refractivity contribution >= 4 is 23.2 Å². The minimum atomic E-state index is -4.63. The summed E-state index contributed by atoms with van der Waals surface area (Å²) < 4.78 is 178. The van der Waals surface area contributed by atoms with Gasteiger partial charge in [0.2, 0.25) is 0 Å². The van der Waals surface area contributed by atoms with Crippen molar-refractivity contribution < 1.29 is 61.5 Å². The summed E-state index contributed by atoms with van der Waals surface area (Å²) >= 11 is 11.6. The molecular weight excluding hydrogens is 1120 g/mol. The Kier molecular flexibility index (Phi) is 27.1. The highest BCUT2D eigenvalue weighted by Gasteiger charge is 2.37. The number of halogens is 16. The van der Waals surface area contributed by atoms with Crippen LogP contribution in [-0.4, -0.2) is 0 Å². The molecule has 0 saturated carbocycles. The lowest BCUT2D eigenvalue weighted by Gasteiger charge is -2.22. The van der Waals surface area contributed by atoms with E-state index in [1.165, 1.54) is 53.6 Å². The average molecular weight is 1200 g/mol. The normalized spacial score (nSPS) is 12.3. The molecule has 6 rings (SSSR count). The Labute approximate surface area is 482 Å². The van der Waals surface area contributed by atoms with E-state index in [0.717, 1.165) is 36.4 Å². The Bertz CT molecular complexity index is 2770. The summed E-state index contributed by atoms with van der Waals surface area (Å²) in [5, 5.41) is 0.955. The van der Waals surface area contributed by atoms with Gasteiger partial charge in [0.25, 0.3) is 0 Å². The third-order valence-electron chi connectivity index (χ3n) is 11.7. The van der Waals surface area contributed by atoms with Crippen LogP contribution in [0.15, 0.2) is 115 Å². The molecule has 6 aromatic carbocycles. The maximum Gasteiger partial charge on any atom is 0.419 e. The van der Waals surface area contributed by atoms with Crippen molar-refractivity contribution in [2.75, 3.05) is 0 Å². The maximum atomic E-state index is 13.5. The van der Waals surface area contributed by atoms with E-state index in [-0.39, 0.29) is 40.8 Å². The first-order chi connectivity index (χ1) is 35.7. The van der Waals surface area contributed by atoms with Crippen LogP contribution < -0.4 is 0 Å². The van der Waals surface area contributed by atoms with Crippen molar-refractivity contribution in [1.29, 1.82) is 0 Å². The molecule has 0 atom stereocenters. The Balaban J connectivity index is 0.000000949. The van der Waals surface area contributed by atoms with Gasteiger partial charge in [0.1, 0.15) is 29.1 Å². The van der Waals surface area contributed by atoms with Crippen LogP contribution in [0.3, 0.4) is 0 Å². The Morgan fingerprint density at radius 2 is 0.654 bits per heavy atom. The molecule has 0 fully saturated rings. The molecule has 0 N–H and O–H groups in total. The summed E-state index contributed by atoms with van der Waals surface area (Å²) in [6.45, 7) is 35.7. The highest BCUT2D eigenvalue weighted by molar-refractivity contribution is 6.31. The summed E-state index contributed by atoms with van der Waals surface area (Å²) in [5.74, 6) is -2.90. The van der Waals surface area contributed by atoms with Crippen LogP contribution >= 0.6 is 23.2 Å². The largest absolute Gasteiger partial charge is 0.419 e. The smallest absolute Gasteiger partial charge is 0.207 e. The van der Waals surface area contributed by atoms with Crippen molar-refractivity contribution in [2.45, 2.75) is 190 Å². The molecule has 0 amide bonds. The molecule has 0 nitrogen and oxygen atoms in total. The number of hydrogen-bond donors (Lipinski definition) is 0. The van der Waals surface area contributed by atoms with E-state index >= 15 is 0 Å². The fourth-order valence-electron chi connectivity index (χ4n) is 7.58. The first-order valence-corrected chi connectivity index (χ1v) is 26.1. The number of hydrogen-bond acceptors (Lipinski definition) is 0. The molecule has 0 bridgehead atoms. The second-order valence-corrected chi connectivity index (χ2v) is 25.9. The number of benzene rings is 6. The van der Waals surface area contributed by atoms with Crippen LogP contribution in [0, 0.1) is 36.0 Å². The third kappa shape index (κ3) is 24.7. The third-order valence-corrected chi connectivity index (χ3v) is 12.3. The van der Waals surface area contributed by atoms with Crippen LogP contribution in [0.25, 0.3) is 0 Å². The SMILES string of the molecule is C.CC(C)(C)c1c(F)cccc1F.CC(C)(C)c1cc(C(F)(F)F)ccc1Cl.CC(C)(C)c1cc(C(F)(F)F)ccc1F.CC(C)(C)c1cc(Cl)ccc1F.CC(C)(C)c1cccc(C(F)(F)F)c1F.Cc1ccccc1C(C)(C)C. The van der Waals surface area contributed by atoms with E-state index in [0.29, 0.717) is 21.2 Å². The van der Waals surface area contributed by atoms with E-state index in [4.69, 9.17) is 23.2 Å². The molecule has 16 heteroatoms. The van der Waals surface area contributed by atoms with Gasteiger partial charge in [-0.2, -0.15) is 39.5 Å². The van der Waals surface area contributed by atoms with Gasteiger partial charge in [-0.25, -0.2) is 22.0 Å². The summed E-state index contributed by atoms with van der Waals surface area (Å²) in [6.07, 6.45) is -13.4. The number of alkyl halides is 9. The summed E-state index contributed by atoms with van der Waals surface area (Å²) in [6, 6.07) is 26.4. The summed E-state index contributed by atoms with van der Waals surface area (Å²) in [5.41, 5.74) is -0.376. The van der Waals surface area contributed by atoms with Crippen molar-refractivity contribution in [2.24, 2.45) is 0 Å². The molecule has 0 aliphatic rings. The van der Waals surface area contributed by atoms with Crippen LogP contribution in [0.4, 0.5) is 61.5 Å². The lowest BCUT2D eigenvalue weighted by Crippen LogP contribution is -2.17. The highest BCUT2D eigenvalue weighted by atomic mass is 35.5. The van der Waals surface area contributed by atoms with Gasteiger partial charge in [0, 0.05) is 15.6 Å². The fourth-order valence-corrected chi connectivity index (χ4v) is 8.16. The summed E-state index contributed by atoms with van der Waals surface area (Å²) in [7, 11) is 0. The van der Waals surface area contributed by atoms with E-state index in [1.807, 2.05) is 41.5 Å². The van der Waals surface area contributed by atoms with Gasteiger partial charge in [0.15, 0.2) is 0 Å². The zero-order valence-electron chi connectivity index (χ0n) is 49.0. The van der Waals surface area contributed by atoms with Crippen molar-refractivity contribution in [1.82, 2.24) is 0 Å². The molecule has 6 aromatic rings. The van der Waals surface area contributed by atoms with Gasteiger partial charge in [0.05, 0.1) is 16.7 Å². The number of aryl methyl sites for hydroxylation is 1. The minimum Gasteiger partial charge on any atom is -0.207 e. The molecule has 81 heavy (non-hydrogen) atoms.